The fourth-order valence-electron chi connectivity index (χ4n) is 3.22. The first kappa shape index (κ1) is 21.4. The van der Waals surface area contributed by atoms with Crippen LogP contribution in [0.4, 0.5) is 5.69 Å². The van der Waals surface area contributed by atoms with E-state index in [1.165, 1.54) is 6.07 Å². The number of hydrogen-bond acceptors (Lipinski definition) is 3. The van der Waals surface area contributed by atoms with Gasteiger partial charge in [0.1, 0.15) is 0 Å². The number of hydrogen-bond donors (Lipinski definition) is 0. The van der Waals surface area contributed by atoms with E-state index < -0.39 is 0 Å². The predicted molar refractivity (Wildman–Crippen MR) is 118 cm³/mol. The third kappa shape index (κ3) is 4.82. The van der Waals surface area contributed by atoms with E-state index in [0.29, 0.717) is 0 Å². The Morgan fingerprint density at radius 2 is 1.63 bits per heavy atom. The Hall–Kier alpha value is -3.27. The molecule has 3 aromatic rings. The first-order valence-electron chi connectivity index (χ1n) is 9.26. The molecule has 1 aromatic heterocycles. The summed E-state index contributed by atoms with van der Waals surface area (Å²) in [5.41, 5.74) is 4.60. The molecule has 0 fully saturated rings. The number of rotatable bonds is 3. The molecule has 2 aliphatic rings. The van der Waals surface area contributed by atoms with Gasteiger partial charge in [0.05, 0.1) is 16.1 Å². The molecule has 0 bridgehead atoms. The van der Waals surface area contributed by atoms with Crippen LogP contribution in [0, 0.1) is 23.0 Å². The Kier molecular flexibility index (Phi) is 7.12. The second-order valence-corrected chi connectivity index (χ2v) is 6.52. The van der Waals surface area contributed by atoms with Crippen LogP contribution in [0.1, 0.15) is 5.56 Å². The predicted octanol–water partition coefficient (Wildman–Crippen LogP) is 6.28. The molecule has 2 radical (unpaired) electrons. The zero-order chi connectivity index (χ0) is 20.1. The van der Waals surface area contributed by atoms with Crippen LogP contribution in [0.3, 0.4) is 0 Å². The number of fused-ring (bicyclic) bond motifs is 1. The Morgan fingerprint density at radius 1 is 0.833 bits per heavy atom. The molecule has 0 saturated carbocycles. The molecule has 0 unspecified atom stereocenters. The zero-order valence-corrected chi connectivity index (χ0v) is 17.1. The van der Waals surface area contributed by atoms with Crippen molar-refractivity contribution in [3.63, 3.8) is 0 Å². The number of nitro benzene ring substituents is 1. The van der Waals surface area contributed by atoms with Gasteiger partial charge in [-0.2, -0.15) is 0 Å². The summed E-state index contributed by atoms with van der Waals surface area (Å²) >= 11 is 0. The fourth-order valence-corrected chi connectivity index (χ4v) is 3.22. The number of nitro groups is 1. The Labute approximate surface area is 186 Å². The van der Waals surface area contributed by atoms with E-state index in [2.05, 4.69) is 12.2 Å². The summed E-state index contributed by atoms with van der Waals surface area (Å²) in [6, 6.07) is 16.5. The summed E-state index contributed by atoms with van der Waals surface area (Å²) in [5.74, 6) is 0. The zero-order valence-electron chi connectivity index (χ0n) is 16.0. The van der Waals surface area contributed by atoms with Crippen molar-refractivity contribution in [1.82, 2.24) is 4.98 Å². The monoisotopic (exact) mass is 434 g/mol. The molecule has 5 heteroatoms. The number of nitrogens with zero attached hydrogens (tertiary/aromatic N) is 2. The number of benzene rings is 2. The van der Waals surface area contributed by atoms with Crippen LogP contribution in [-0.2, 0) is 17.1 Å². The molecule has 2 aliphatic carbocycles. The van der Waals surface area contributed by atoms with Crippen molar-refractivity contribution < 1.29 is 22.0 Å². The molecule has 0 spiro atoms. The average Bonchev–Trinajstić information content (AvgIpc) is 3.50. The van der Waals surface area contributed by atoms with Crippen molar-refractivity contribution in [1.29, 1.82) is 0 Å². The third-order valence-electron chi connectivity index (χ3n) is 4.60. The van der Waals surface area contributed by atoms with Crippen LogP contribution in [0.15, 0.2) is 97.1 Å². The van der Waals surface area contributed by atoms with E-state index >= 15 is 0 Å². The maximum atomic E-state index is 11.0. The minimum absolute atomic E-state index is 0. The van der Waals surface area contributed by atoms with Gasteiger partial charge in [0.2, 0.25) is 0 Å². The van der Waals surface area contributed by atoms with Gasteiger partial charge in [-0.3, -0.25) is 10.1 Å². The summed E-state index contributed by atoms with van der Waals surface area (Å²) in [4.78, 5) is 15.3. The van der Waals surface area contributed by atoms with Crippen LogP contribution < -0.4 is 0 Å². The van der Waals surface area contributed by atoms with Crippen molar-refractivity contribution >= 4 is 22.2 Å². The quantitative estimate of drug-likeness (QED) is 0.277. The van der Waals surface area contributed by atoms with Gasteiger partial charge in [0, 0.05) is 53.0 Å². The summed E-state index contributed by atoms with van der Waals surface area (Å²) < 4.78 is 0. The van der Waals surface area contributed by atoms with Crippen LogP contribution in [-0.4, -0.2) is 9.91 Å². The molecule has 148 valence electrons. The van der Waals surface area contributed by atoms with Gasteiger partial charge in [-0.05, 0) is 23.3 Å². The van der Waals surface area contributed by atoms with Gasteiger partial charge in [-0.1, -0.05) is 72.9 Å². The Balaban J connectivity index is 0.000000376. The minimum Gasteiger partial charge on any atom is -0.258 e. The van der Waals surface area contributed by atoms with E-state index in [-0.39, 0.29) is 27.7 Å². The first-order valence-corrected chi connectivity index (χ1v) is 9.26. The summed E-state index contributed by atoms with van der Waals surface area (Å²) in [7, 11) is 0. The van der Waals surface area contributed by atoms with Gasteiger partial charge in [-0.25, -0.2) is 4.98 Å². The summed E-state index contributed by atoms with van der Waals surface area (Å²) in [6.07, 6.45) is 18.1. The summed E-state index contributed by atoms with van der Waals surface area (Å²) in [5, 5.41) is 12.1. The number of pyridine rings is 1. The molecule has 0 amide bonds. The van der Waals surface area contributed by atoms with Gasteiger partial charge < -0.3 is 0 Å². The average molecular weight is 434 g/mol. The normalized spacial score (nSPS) is 13.5. The van der Waals surface area contributed by atoms with Gasteiger partial charge in [0.25, 0.3) is 5.69 Å². The number of aromatic nitrogens is 1. The maximum Gasteiger partial charge on any atom is 0.270 e. The molecular weight excluding hydrogens is 416 g/mol. The first-order chi connectivity index (χ1) is 14.2. The van der Waals surface area contributed by atoms with Crippen molar-refractivity contribution in [2.45, 2.75) is 0 Å². The number of non-ortho nitro benzene ring substituents is 1. The van der Waals surface area contributed by atoms with Crippen LogP contribution in [0.5, 0.6) is 0 Å². The van der Waals surface area contributed by atoms with Gasteiger partial charge in [-0.15, -0.1) is 0 Å². The largest absolute Gasteiger partial charge is 0.270 e. The third-order valence-corrected chi connectivity index (χ3v) is 4.60. The molecule has 2 aromatic carbocycles. The SMILES string of the molecule is O=[N+]([O-])c1cccc(-c2cc(C3=C[CH]C=C3)c3ccccc3n2)c1.[CH]1C=CC=C1.[Fe]. The summed E-state index contributed by atoms with van der Waals surface area (Å²) in [6.45, 7) is 0. The van der Waals surface area contributed by atoms with Crippen molar-refractivity contribution in [3.05, 3.63) is 126 Å². The van der Waals surface area contributed by atoms with E-state index in [9.17, 15) is 10.1 Å². The molecule has 1 heterocycles. The molecule has 30 heavy (non-hydrogen) atoms. The van der Waals surface area contributed by atoms with E-state index in [1.54, 1.807) is 12.1 Å². The van der Waals surface area contributed by atoms with Crippen molar-refractivity contribution in [2.24, 2.45) is 0 Å². The smallest absolute Gasteiger partial charge is 0.258 e. The Bertz CT molecular complexity index is 1180. The van der Waals surface area contributed by atoms with Gasteiger partial charge in [0.15, 0.2) is 0 Å². The molecule has 0 atom stereocenters. The van der Waals surface area contributed by atoms with Crippen LogP contribution in [0.2, 0.25) is 0 Å². The van der Waals surface area contributed by atoms with Gasteiger partial charge >= 0.3 is 0 Å². The maximum absolute atomic E-state index is 11.0. The second-order valence-electron chi connectivity index (χ2n) is 6.52. The molecule has 0 N–H and O–H groups in total. The van der Waals surface area contributed by atoms with E-state index in [1.807, 2.05) is 79.6 Å². The molecule has 0 aliphatic heterocycles. The van der Waals surface area contributed by atoms with Crippen molar-refractivity contribution in [3.8, 4) is 11.3 Å². The second kappa shape index (κ2) is 9.97. The molecule has 0 saturated heterocycles. The van der Waals surface area contributed by atoms with E-state index in [4.69, 9.17) is 4.98 Å². The topological polar surface area (TPSA) is 56.0 Å². The van der Waals surface area contributed by atoms with Crippen LogP contribution >= 0.6 is 0 Å². The number of para-hydroxylation sites is 1. The molecular formula is C25H18FeN2O2. The fraction of sp³-hybridized carbons (Fsp3) is 0. The standard InChI is InChI=1S/C20H13N2O2.C5H5.Fe/c23-22(24)16-9-5-8-15(12-16)20-13-18(14-6-1-2-7-14)17-10-3-4-11-19(17)21-20;1-2-4-5-3-1;/h1-13H;1-5H;. The van der Waals surface area contributed by atoms with E-state index in [0.717, 1.165) is 33.3 Å². The van der Waals surface area contributed by atoms with Crippen LogP contribution in [0.25, 0.3) is 27.7 Å². The minimum atomic E-state index is -0.386. The molecule has 4 nitrogen and oxygen atoms in total. The number of allylic oxidation sites excluding steroid dienone is 8. The molecule has 5 rings (SSSR count). The van der Waals surface area contributed by atoms with Crippen molar-refractivity contribution in [2.75, 3.05) is 0 Å². The Morgan fingerprint density at radius 3 is 2.30 bits per heavy atom.